The fourth-order valence-corrected chi connectivity index (χ4v) is 3.64. The minimum absolute atomic E-state index is 0.0605. The Kier molecular flexibility index (Phi) is 4.51. The normalized spacial score (nSPS) is 15.7. The van der Waals surface area contributed by atoms with E-state index < -0.39 is 0 Å². The van der Waals surface area contributed by atoms with E-state index in [2.05, 4.69) is 46.9 Å². The molecule has 1 aromatic carbocycles. The summed E-state index contributed by atoms with van der Waals surface area (Å²) in [7, 11) is 0. The molecule has 26 heavy (non-hydrogen) atoms. The summed E-state index contributed by atoms with van der Waals surface area (Å²) < 4.78 is 3.17. The highest BCUT2D eigenvalue weighted by atomic mass is 16.2. The van der Waals surface area contributed by atoms with Crippen LogP contribution in [-0.2, 0) is 6.54 Å². The van der Waals surface area contributed by atoms with Crippen molar-refractivity contribution in [2.24, 2.45) is 0 Å². The molecule has 3 heterocycles. The minimum atomic E-state index is -0.0605. The number of aromatic nitrogens is 3. The Morgan fingerprint density at radius 2 is 1.77 bits per heavy atom. The second-order valence-electron chi connectivity index (χ2n) is 6.98. The minimum Gasteiger partial charge on any atom is -0.369 e. The van der Waals surface area contributed by atoms with Gasteiger partial charge in [0.1, 0.15) is 0 Å². The second kappa shape index (κ2) is 6.96. The van der Waals surface area contributed by atoms with Crippen molar-refractivity contribution in [3.63, 3.8) is 0 Å². The van der Waals surface area contributed by atoms with Crippen LogP contribution in [0.3, 0.4) is 0 Å². The van der Waals surface area contributed by atoms with E-state index in [9.17, 15) is 4.79 Å². The summed E-state index contributed by atoms with van der Waals surface area (Å²) in [5, 5.41) is 4.41. The molecule has 0 unspecified atom stereocenters. The number of hydrogen-bond acceptors (Lipinski definition) is 4. The molecule has 3 aromatic rings. The maximum Gasteiger partial charge on any atom is 0.350 e. The Balaban J connectivity index is 1.37. The largest absolute Gasteiger partial charge is 0.369 e. The summed E-state index contributed by atoms with van der Waals surface area (Å²) in [6, 6.07) is 12.1. The lowest BCUT2D eigenvalue weighted by atomic mass is 10.1. The summed E-state index contributed by atoms with van der Waals surface area (Å²) in [6.45, 7) is 9.91. The zero-order valence-corrected chi connectivity index (χ0v) is 15.4. The molecule has 4 rings (SSSR count). The molecule has 0 bridgehead atoms. The molecule has 1 fully saturated rings. The van der Waals surface area contributed by atoms with Crippen LogP contribution in [-0.4, -0.2) is 51.8 Å². The molecule has 136 valence electrons. The molecule has 1 saturated heterocycles. The van der Waals surface area contributed by atoms with Crippen LogP contribution in [0.15, 0.2) is 47.4 Å². The van der Waals surface area contributed by atoms with E-state index in [4.69, 9.17) is 0 Å². The molecule has 0 saturated carbocycles. The van der Waals surface area contributed by atoms with Crippen molar-refractivity contribution in [3.05, 3.63) is 64.2 Å². The highest BCUT2D eigenvalue weighted by Gasteiger charge is 2.19. The molecule has 2 aromatic heterocycles. The van der Waals surface area contributed by atoms with Crippen LogP contribution in [0.5, 0.6) is 0 Å². The number of pyridine rings is 1. The van der Waals surface area contributed by atoms with Gasteiger partial charge in [-0.1, -0.05) is 18.2 Å². The number of hydrogen-bond donors (Lipinski definition) is 0. The number of benzene rings is 1. The second-order valence-corrected chi connectivity index (χ2v) is 6.98. The van der Waals surface area contributed by atoms with Gasteiger partial charge in [-0.05, 0) is 43.2 Å². The Morgan fingerprint density at radius 3 is 2.54 bits per heavy atom. The fraction of sp³-hybridized carbons (Fsp3) is 0.400. The van der Waals surface area contributed by atoms with Gasteiger partial charge in [0, 0.05) is 44.6 Å². The van der Waals surface area contributed by atoms with Crippen molar-refractivity contribution in [1.82, 2.24) is 19.1 Å². The number of rotatable bonds is 4. The van der Waals surface area contributed by atoms with Gasteiger partial charge in [-0.15, -0.1) is 5.10 Å². The molecular formula is C20H25N5O. The van der Waals surface area contributed by atoms with Crippen LogP contribution < -0.4 is 10.6 Å². The Hall–Kier alpha value is -2.60. The maximum atomic E-state index is 12.3. The van der Waals surface area contributed by atoms with Crippen molar-refractivity contribution in [2.75, 3.05) is 37.6 Å². The van der Waals surface area contributed by atoms with Crippen LogP contribution in [0.4, 0.5) is 5.69 Å². The predicted octanol–water partition coefficient (Wildman–Crippen LogP) is 1.94. The quantitative estimate of drug-likeness (QED) is 0.721. The van der Waals surface area contributed by atoms with Crippen LogP contribution in [0, 0.1) is 13.8 Å². The molecule has 6 heteroatoms. The van der Waals surface area contributed by atoms with Gasteiger partial charge >= 0.3 is 5.69 Å². The van der Waals surface area contributed by atoms with Gasteiger partial charge in [-0.3, -0.25) is 9.30 Å². The summed E-state index contributed by atoms with van der Waals surface area (Å²) in [4.78, 5) is 17.2. The Morgan fingerprint density at radius 1 is 0.962 bits per heavy atom. The van der Waals surface area contributed by atoms with Crippen LogP contribution in [0.1, 0.15) is 11.1 Å². The lowest BCUT2D eigenvalue weighted by molar-refractivity contribution is 0.243. The third-order valence-electron chi connectivity index (χ3n) is 5.41. The SMILES string of the molecule is Cc1cccc(N2CCN(CCn3nc4ccccn4c3=O)CC2)c1C. The van der Waals surface area contributed by atoms with Crippen LogP contribution in [0.25, 0.3) is 5.65 Å². The first-order chi connectivity index (χ1) is 12.6. The predicted molar refractivity (Wildman–Crippen MR) is 104 cm³/mol. The average molecular weight is 351 g/mol. The molecule has 0 atom stereocenters. The molecule has 0 spiro atoms. The third-order valence-corrected chi connectivity index (χ3v) is 5.41. The van der Waals surface area contributed by atoms with Crippen LogP contribution in [0.2, 0.25) is 0 Å². The molecule has 0 aliphatic carbocycles. The van der Waals surface area contributed by atoms with Gasteiger partial charge < -0.3 is 4.90 Å². The summed E-state index contributed by atoms with van der Waals surface area (Å²) >= 11 is 0. The first-order valence-corrected chi connectivity index (χ1v) is 9.21. The van der Waals surface area contributed by atoms with Gasteiger partial charge in [-0.25, -0.2) is 9.48 Å². The Bertz CT molecular complexity index is 966. The molecule has 0 radical (unpaired) electrons. The topological polar surface area (TPSA) is 45.8 Å². The monoisotopic (exact) mass is 351 g/mol. The number of piperazine rings is 1. The van der Waals surface area contributed by atoms with E-state index >= 15 is 0 Å². The molecule has 6 nitrogen and oxygen atoms in total. The average Bonchev–Trinajstić information content (AvgIpc) is 2.99. The lowest BCUT2D eigenvalue weighted by Gasteiger charge is -2.37. The molecule has 1 aliphatic rings. The fourth-order valence-electron chi connectivity index (χ4n) is 3.64. The molecular weight excluding hydrogens is 326 g/mol. The smallest absolute Gasteiger partial charge is 0.350 e. The van der Waals surface area contributed by atoms with Gasteiger partial charge in [-0.2, -0.15) is 0 Å². The molecule has 1 aliphatic heterocycles. The van der Waals surface area contributed by atoms with E-state index in [0.717, 1.165) is 32.7 Å². The summed E-state index contributed by atoms with van der Waals surface area (Å²) in [5.74, 6) is 0. The number of nitrogens with zero attached hydrogens (tertiary/aromatic N) is 5. The standard InChI is InChI=1S/C20H25N5O/c1-16-6-5-7-18(17(16)2)23-13-10-22(11-14-23)12-15-25-20(26)24-9-4-3-8-19(24)21-25/h3-9H,10-15H2,1-2H3. The number of fused-ring (bicyclic) bond motifs is 1. The Labute approximate surface area is 153 Å². The van der Waals surface area contributed by atoms with E-state index in [-0.39, 0.29) is 5.69 Å². The van der Waals surface area contributed by atoms with Crippen molar-refractivity contribution >= 4 is 11.3 Å². The van der Waals surface area contributed by atoms with Gasteiger partial charge in [0.25, 0.3) is 0 Å². The highest BCUT2D eigenvalue weighted by Crippen LogP contribution is 2.23. The molecule has 0 N–H and O–H groups in total. The molecule has 0 amide bonds. The number of anilines is 1. The zero-order chi connectivity index (χ0) is 18.1. The van der Waals surface area contributed by atoms with Crippen molar-refractivity contribution in [1.29, 1.82) is 0 Å². The van der Waals surface area contributed by atoms with Gasteiger partial charge in [0.2, 0.25) is 0 Å². The summed E-state index contributed by atoms with van der Waals surface area (Å²) in [6.07, 6.45) is 1.77. The van der Waals surface area contributed by atoms with E-state index in [1.54, 1.807) is 15.3 Å². The highest BCUT2D eigenvalue weighted by molar-refractivity contribution is 5.56. The summed E-state index contributed by atoms with van der Waals surface area (Å²) in [5.41, 5.74) is 4.71. The third kappa shape index (κ3) is 3.12. The first-order valence-electron chi connectivity index (χ1n) is 9.21. The first kappa shape index (κ1) is 16.8. The van der Waals surface area contributed by atoms with E-state index in [1.165, 1.54) is 16.8 Å². The van der Waals surface area contributed by atoms with E-state index in [0.29, 0.717) is 12.2 Å². The van der Waals surface area contributed by atoms with Gasteiger partial charge in [0.05, 0.1) is 6.54 Å². The van der Waals surface area contributed by atoms with Crippen molar-refractivity contribution in [2.45, 2.75) is 20.4 Å². The van der Waals surface area contributed by atoms with E-state index in [1.807, 2.05) is 18.2 Å². The lowest BCUT2D eigenvalue weighted by Crippen LogP contribution is -2.47. The van der Waals surface area contributed by atoms with Crippen molar-refractivity contribution in [3.8, 4) is 0 Å². The zero-order valence-electron chi connectivity index (χ0n) is 15.4. The van der Waals surface area contributed by atoms with Crippen molar-refractivity contribution < 1.29 is 0 Å². The number of aryl methyl sites for hydroxylation is 1. The van der Waals surface area contributed by atoms with Gasteiger partial charge in [0.15, 0.2) is 5.65 Å². The maximum absolute atomic E-state index is 12.3. The van der Waals surface area contributed by atoms with Crippen LogP contribution >= 0.6 is 0 Å².